The zero-order valence-corrected chi connectivity index (χ0v) is 22.5. The summed E-state index contributed by atoms with van der Waals surface area (Å²) in [6.07, 6.45) is 35.5. The van der Waals surface area contributed by atoms with Gasteiger partial charge in [0.2, 0.25) is 0 Å². The van der Waals surface area contributed by atoms with E-state index in [4.69, 9.17) is 0 Å². The van der Waals surface area contributed by atoms with Gasteiger partial charge < -0.3 is 0 Å². The second-order valence-corrected chi connectivity index (χ2v) is 10.2. The number of aryl methyl sites for hydroxylation is 2. The lowest BCUT2D eigenvalue weighted by Gasteiger charge is -2.07. The molecule has 2 nitrogen and oxygen atoms in total. The summed E-state index contributed by atoms with van der Waals surface area (Å²) in [5.74, 6) is 1.61. The molecular weight excluding hydrogens is 388 g/mol. The van der Waals surface area contributed by atoms with Crippen LogP contribution in [-0.4, -0.2) is 4.57 Å². The van der Waals surface area contributed by atoms with E-state index in [9.17, 15) is 0 Å². The minimum atomic E-state index is 1.22. The van der Waals surface area contributed by atoms with Crippen LogP contribution < -0.4 is 4.57 Å². The van der Waals surface area contributed by atoms with Gasteiger partial charge in [0.05, 0.1) is 13.1 Å². The molecule has 1 heterocycles. The number of imidazole rings is 1. The number of aromatic nitrogens is 2. The van der Waals surface area contributed by atoms with Gasteiger partial charge in [-0.1, -0.05) is 124 Å². The van der Waals surface area contributed by atoms with Gasteiger partial charge in [0, 0.05) is 6.42 Å². The number of rotatable bonds is 24. The van der Waals surface area contributed by atoms with Crippen LogP contribution in [0.3, 0.4) is 0 Å². The molecule has 0 aromatic carbocycles. The van der Waals surface area contributed by atoms with Gasteiger partial charge in [-0.25, -0.2) is 9.13 Å². The minimum absolute atomic E-state index is 1.22. The summed E-state index contributed by atoms with van der Waals surface area (Å²) < 4.78 is 5.20. The Balaban J connectivity index is 2.37. The molecule has 0 aliphatic carbocycles. The molecule has 0 spiro atoms. The topological polar surface area (TPSA) is 8.81 Å². The molecule has 0 saturated carbocycles. The Bertz CT molecular complexity index is 505. The lowest BCUT2D eigenvalue weighted by atomic mass is 10.1. The monoisotopic (exact) mass is 447 g/mol. The third-order valence-corrected chi connectivity index (χ3v) is 7.10. The van der Waals surface area contributed by atoms with Crippen molar-refractivity contribution in [2.75, 3.05) is 0 Å². The van der Waals surface area contributed by atoms with E-state index in [0.717, 1.165) is 0 Å². The molecule has 1 rings (SSSR count). The molecule has 2 heteroatoms. The zero-order valence-electron chi connectivity index (χ0n) is 22.5. The Kier molecular flexibility index (Phi) is 20.1. The molecule has 0 fully saturated rings. The highest BCUT2D eigenvalue weighted by atomic mass is 15.1. The third kappa shape index (κ3) is 15.1. The van der Waals surface area contributed by atoms with Crippen LogP contribution in [0.4, 0.5) is 0 Å². The van der Waals surface area contributed by atoms with Crippen molar-refractivity contribution in [2.24, 2.45) is 0 Å². The molecule has 0 radical (unpaired) electrons. The standard InChI is InChI=1S/C30H59N2/c1-4-7-10-13-15-16-18-21-24-27-32-29-28-31(26-23-20-12-9-6-3)30(32)25-22-19-17-14-11-8-5-2/h28-29H,4-27H2,1-3H3/q+1. The Hall–Kier alpha value is -0.790. The summed E-state index contributed by atoms with van der Waals surface area (Å²) in [5, 5.41) is 0. The predicted octanol–water partition coefficient (Wildman–Crippen LogP) is 9.57. The second-order valence-electron chi connectivity index (χ2n) is 10.2. The van der Waals surface area contributed by atoms with E-state index >= 15 is 0 Å². The molecule has 0 N–H and O–H groups in total. The van der Waals surface area contributed by atoms with E-state index in [0.29, 0.717) is 0 Å². The van der Waals surface area contributed by atoms with Crippen molar-refractivity contribution in [2.45, 2.75) is 175 Å². The van der Waals surface area contributed by atoms with Crippen LogP contribution in [0.2, 0.25) is 0 Å². The second kappa shape index (κ2) is 22.0. The average Bonchev–Trinajstić information content (AvgIpc) is 3.18. The van der Waals surface area contributed by atoms with Crippen molar-refractivity contribution in [3.8, 4) is 0 Å². The molecule has 188 valence electrons. The molecular formula is C30H59N2+. The molecule has 0 aliphatic rings. The van der Waals surface area contributed by atoms with Crippen molar-refractivity contribution >= 4 is 0 Å². The van der Waals surface area contributed by atoms with Crippen molar-refractivity contribution in [1.82, 2.24) is 4.57 Å². The molecule has 0 bridgehead atoms. The normalized spacial score (nSPS) is 11.5. The number of unbranched alkanes of at least 4 members (excludes halogenated alkanes) is 18. The molecule has 0 aliphatic heterocycles. The van der Waals surface area contributed by atoms with Crippen LogP contribution >= 0.6 is 0 Å². The highest BCUT2D eigenvalue weighted by molar-refractivity contribution is 4.84. The van der Waals surface area contributed by atoms with Gasteiger partial charge in [0.25, 0.3) is 5.82 Å². The maximum Gasteiger partial charge on any atom is 0.256 e. The molecule has 32 heavy (non-hydrogen) atoms. The van der Waals surface area contributed by atoms with Crippen LogP contribution in [0.15, 0.2) is 12.4 Å². The quantitative estimate of drug-likeness (QED) is 0.110. The van der Waals surface area contributed by atoms with E-state index in [1.165, 1.54) is 154 Å². The van der Waals surface area contributed by atoms with Crippen LogP contribution in [0.1, 0.15) is 161 Å². The Morgan fingerprint density at radius 1 is 0.531 bits per heavy atom. The number of hydrogen-bond donors (Lipinski definition) is 0. The fourth-order valence-corrected chi connectivity index (χ4v) is 4.91. The molecule has 0 saturated heterocycles. The van der Waals surface area contributed by atoms with E-state index in [1.54, 1.807) is 5.82 Å². The first-order valence-corrected chi connectivity index (χ1v) is 14.9. The summed E-state index contributed by atoms with van der Waals surface area (Å²) in [7, 11) is 0. The van der Waals surface area contributed by atoms with Crippen LogP contribution in [0.5, 0.6) is 0 Å². The number of hydrogen-bond acceptors (Lipinski definition) is 0. The predicted molar refractivity (Wildman–Crippen MR) is 142 cm³/mol. The first kappa shape index (κ1) is 29.2. The van der Waals surface area contributed by atoms with E-state index in [-0.39, 0.29) is 0 Å². The lowest BCUT2D eigenvalue weighted by molar-refractivity contribution is -0.704. The summed E-state index contributed by atoms with van der Waals surface area (Å²) >= 11 is 0. The molecule has 0 amide bonds. The third-order valence-electron chi connectivity index (χ3n) is 7.10. The largest absolute Gasteiger partial charge is 0.256 e. The van der Waals surface area contributed by atoms with Crippen molar-refractivity contribution in [3.05, 3.63) is 18.2 Å². The van der Waals surface area contributed by atoms with Gasteiger partial charge in [-0.15, -0.1) is 0 Å². The van der Waals surface area contributed by atoms with Gasteiger partial charge in [-0.3, -0.25) is 0 Å². The summed E-state index contributed by atoms with van der Waals surface area (Å²) in [6.45, 7) is 9.37. The van der Waals surface area contributed by atoms with Crippen molar-refractivity contribution < 1.29 is 4.57 Å². The molecule has 1 aromatic heterocycles. The fourth-order valence-electron chi connectivity index (χ4n) is 4.91. The van der Waals surface area contributed by atoms with Crippen LogP contribution in [0, 0.1) is 0 Å². The first-order valence-electron chi connectivity index (χ1n) is 14.9. The van der Waals surface area contributed by atoms with E-state index < -0.39 is 0 Å². The van der Waals surface area contributed by atoms with Gasteiger partial charge in [-0.2, -0.15) is 0 Å². The molecule has 0 unspecified atom stereocenters. The van der Waals surface area contributed by atoms with E-state index in [2.05, 4.69) is 42.3 Å². The minimum Gasteiger partial charge on any atom is -0.234 e. The average molecular weight is 448 g/mol. The van der Waals surface area contributed by atoms with Crippen LogP contribution in [-0.2, 0) is 19.5 Å². The SMILES string of the molecule is CCCCCCCCCCCn1cc[n+](CCCCCCC)c1CCCCCCCCC. The van der Waals surface area contributed by atoms with Crippen molar-refractivity contribution in [3.63, 3.8) is 0 Å². The maximum absolute atomic E-state index is 2.60. The molecule has 0 atom stereocenters. The summed E-state index contributed by atoms with van der Waals surface area (Å²) in [4.78, 5) is 0. The maximum atomic E-state index is 2.60. The lowest BCUT2D eigenvalue weighted by Crippen LogP contribution is -2.37. The summed E-state index contributed by atoms with van der Waals surface area (Å²) in [6, 6.07) is 0. The van der Waals surface area contributed by atoms with Gasteiger partial charge in [0.15, 0.2) is 0 Å². The Labute approximate surface area is 202 Å². The highest BCUT2D eigenvalue weighted by Crippen LogP contribution is 2.13. The Morgan fingerprint density at radius 2 is 0.969 bits per heavy atom. The van der Waals surface area contributed by atoms with Gasteiger partial charge in [0.1, 0.15) is 12.4 Å². The highest BCUT2D eigenvalue weighted by Gasteiger charge is 2.16. The van der Waals surface area contributed by atoms with E-state index in [1.807, 2.05) is 0 Å². The van der Waals surface area contributed by atoms with Crippen molar-refractivity contribution in [1.29, 1.82) is 0 Å². The van der Waals surface area contributed by atoms with Crippen LogP contribution in [0.25, 0.3) is 0 Å². The van der Waals surface area contributed by atoms with Gasteiger partial charge in [-0.05, 0) is 32.1 Å². The molecule has 1 aromatic rings. The number of nitrogens with zero attached hydrogens (tertiary/aromatic N) is 2. The fraction of sp³-hybridized carbons (Fsp3) is 0.900. The Morgan fingerprint density at radius 3 is 1.50 bits per heavy atom. The zero-order chi connectivity index (χ0) is 23.1. The van der Waals surface area contributed by atoms with Gasteiger partial charge >= 0.3 is 0 Å². The summed E-state index contributed by atoms with van der Waals surface area (Å²) in [5.41, 5.74) is 0. The first-order chi connectivity index (χ1) is 15.8. The smallest absolute Gasteiger partial charge is 0.234 e.